The first kappa shape index (κ1) is 16.3. The Hall–Kier alpha value is -2.11. The maximum absolute atomic E-state index is 12.2. The molecule has 0 aromatic carbocycles. The summed E-state index contributed by atoms with van der Waals surface area (Å²) in [4.78, 5) is 24.3. The number of amides is 1. The molecule has 1 aliphatic rings. The lowest BCUT2D eigenvalue weighted by molar-refractivity contribution is -0.157. The summed E-state index contributed by atoms with van der Waals surface area (Å²) >= 11 is 0. The number of nitrogens with one attached hydrogen (secondary N) is 1. The summed E-state index contributed by atoms with van der Waals surface area (Å²) in [6.07, 6.45) is 5.58. The van der Waals surface area contributed by atoms with Crippen LogP contribution in [0, 0.1) is 19.8 Å². The SMILES string of the molecule is Cc1nn(C)c(C)c1NC(=O)[C@H](C)OC(=O)[C@@H]1CC=CCC1. The summed E-state index contributed by atoms with van der Waals surface area (Å²) in [6, 6.07) is 0. The van der Waals surface area contributed by atoms with Crippen LogP contribution < -0.4 is 5.32 Å². The van der Waals surface area contributed by atoms with Crippen LogP contribution in [0.4, 0.5) is 5.69 Å². The van der Waals surface area contributed by atoms with Gasteiger partial charge in [0.1, 0.15) is 0 Å². The average molecular weight is 305 g/mol. The highest BCUT2D eigenvalue weighted by molar-refractivity contribution is 5.96. The van der Waals surface area contributed by atoms with Gasteiger partial charge in [-0.1, -0.05) is 12.2 Å². The lowest BCUT2D eigenvalue weighted by atomic mass is 9.95. The van der Waals surface area contributed by atoms with Crippen LogP contribution in [0.3, 0.4) is 0 Å². The van der Waals surface area contributed by atoms with Gasteiger partial charge in [0.05, 0.1) is 23.0 Å². The van der Waals surface area contributed by atoms with Crippen molar-refractivity contribution < 1.29 is 14.3 Å². The van der Waals surface area contributed by atoms with Crippen molar-refractivity contribution in [2.24, 2.45) is 13.0 Å². The molecule has 0 saturated carbocycles. The quantitative estimate of drug-likeness (QED) is 0.684. The van der Waals surface area contributed by atoms with E-state index in [1.54, 1.807) is 11.6 Å². The molecule has 1 aromatic rings. The minimum atomic E-state index is -0.822. The zero-order chi connectivity index (χ0) is 16.3. The van der Waals surface area contributed by atoms with Crippen molar-refractivity contribution in [1.29, 1.82) is 0 Å². The van der Waals surface area contributed by atoms with E-state index in [0.717, 1.165) is 24.2 Å². The van der Waals surface area contributed by atoms with E-state index in [9.17, 15) is 9.59 Å². The van der Waals surface area contributed by atoms with Gasteiger partial charge in [-0.05, 0) is 40.0 Å². The molecule has 0 saturated heterocycles. The number of anilines is 1. The third-order valence-corrected chi connectivity index (χ3v) is 4.02. The van der Waals surface area contributed by atoms with E-state index >= 15 is 0 Å². The number of esters is 1. The van der Waals surface area contributed by atoms with Crippen LogP contribution in [0.5, 0.6) is 0 Å². The summed E-state index contributed by atoms with van der Waals surface area (Å²) in [6.45, 7) is 5.29. The maximum atomic E-state index is 12.2. The molecule has 1 aliphatic carbocycles. The van der Waals surface area contributed by atoms with Crippen LogP contribution in [0.2, 0.25) is 0 Å². The van der Waals surface area contributed by atoms with Gasteiger partial charge in [0, 0.05) is 7.05 Å². The fourth-order valence-corrected chi connectivity index (χ4v) is 2.51. The van der Waals surface area contributed by atoms with Crippen molar-refractivity contribution >= 4 is 17.6 Å². The first-order chi connectivity index (χ1) is 10.4. The highest BCUT2D eigenvalue weighted by Gasteiger charge is 2.25. The minimum Gasteiger partial charge on any atom is -0.452 e. The minimum absolute atomic E-state index is 0.137. The highest BCUT2D eigenvalue weighted by atomic mass is 16.5. The number of rotatable bonds is 4. The van der Waals surface area contributed by atoms with Crippen molar-refractivity contribution in [3.63, 3.8) is 0 Å². The van der Waals surface area contributed by atoms with Gasteiger partial charge in [0.15, 0.2) is 6.10 Å². The second-order valence-electron chi connectivity index (χ2n) is 5.72. The van der Waals surface area contributed by atoms with E-state index in [1.165, 1.54) is 0 Å². The molecule has 0 radical (unpaired) electrons. The molecule has 0 spiro atoms. The molecule has 120 valence electrons. The largest absolute Gasteiger partial charge is 0.452 e. The van der Waals surface area contributed by atoms with Crippen LogP contribution in [-0.2, 0) is 21.4 Å². The number of hydrogen-bond donors (Lipinski definition) is 1. The smallest absolute Gasteiger partial charge is 0.310 e. The molecule has 1 amide bonds. The molecule has 2 rings (SSSR count). The number of nitrogens with zero attached hydrogens (tertiary/aromatic N) is 2. The van der Waals surface area contributed by atoms with Crippen LogP contribution in [0.25, 0.3) is 0 Å². The predicted molar refractivity (Wildman–Crippen MR) is 83.3 cm³/mol. The lowest BCUT2D eigenvalue weighted by Crippen LogP contribution is -2.32. The molecular formula is C16H23N3O3. The second-order valence-corrected chi connectivity index (χ2v) is 5.72. The Morgan fingerprint density at radius 1 is 1.41 bits per heavy atom. The normalized spacial score (nSPS) is 18.8. The lowest BCUT2D eigenvalue weighted by Gasteiger charge is -2.19. The Morgan fingerprint density at radius 2 is 2.14 bits per heavy atom. The first-order valence-electron chi connectivity index (χ1n) is 7.56. The van der Waals surface area contributed by atoms with Crippen molar-refractivity contribution in [2.75, 3.05) is 5.32 Å². The van der Waals surface area contributed by atoms with Crippen molar-refractivity contribution in [3.8, 4) is 0 Å². The number of aromatic nitrogens is 2. The van der Waals surface area contributed by atoms with Gasteiger partial charge >= 0.3 is 5.97 Å². The molecule has 0 bridgehead atoms. The number of allylic oxidation sites excluding steroid dienone is 2. The van der Waals surface area contributed by atoms with Gasteiger partial charge in [-0.3, -0.25) is 14.3 Å². The molecule has 1 N–H and O–H groups in total. The number of carbonyl (C=O) groups is 2. The van der Waals surface area contributed by atoms with Crippen molar-refractivity contribution in [3.05, 3.63) is 23.5 Å². The van der Waals surface area contributed by atoms with Gasteiger partial charge in [-0.15, -0.1) is 0 Å². The van der Waals surface area contributed by atoms with E-state index in [0.29, 0.717) is 12.1 Å². The highest BCUT2D eigenvalue weighted by Crippen LogP contribution is 2.21. The zero-order valence-corrected chi connectivity index (χ0v) is 13.5. The molecule has 2 atom stereocenters. The first-order valence-corrected chi connectivity index (χ1v) is 7.56. The van der Waals surface area contributed by atoms with Gasteiger partial charge in [0.2, 0.25) is 0 Å². The predicted octanol–water partition coefficient (Wildman–Crippen LogP) is 2.26. The molecule has 0 unspecified atom stereocenters. The Morgan fingerprint density at radius 3 is 2.68 bits per heavy atom. The molecule has 0 aliphatic heterocycles. The topological polar surface area (TPSA) is 73.2 Å². The molecule has 22 heavy (non-hydrogen) atoms. The standard InChI is InChI=1S/C16H23N3O3/c1-10-14(11(2)19(4)18-10)17-15(20)12(3)22-16(21)13-8-6-5-7-9-13/h5-6,12-13H,7-9H2,1-4H3,(H,17,20)/t12-,13+/m0/s1. The molecule has 1 aromatic heterocycles. The van der Waals surface area contributed by atoms with Gasteiger partial charge in [-0.25, -0.2) is 0 Å². The number of ether oxygens (including phenoxy) is 1. The van der Waals surface area contributed by atoms with Gasteiger partial charge in [-0.2, -0.15) is 5.10 Å². The number of hydrogen-bond acceptors (Lipinski definition) is 4. The fourth-order valence-electron chi connectivity index (χ4n) is 2.51. The Labute approximate surface area is 130 Å². The molecule has 0 fully saturated rings. The number of carbonyl (C=O) groups excluding carboxylic acids is 2. The third kappa shape index (κ3) is 3.55. The van der Waals surface area contributed by atoms with Crippen LogP contribution >= 0.6 is 0 Å². The van der Waals surface area contributed by atoms with E-state index in [4.69, 9.17) is 4.74 Å². The Bertz CT molecular complexity index is 604. The van der Waals surface area contributed by atoms with E-state index < -0.39 is 6.10 Å². The van der Waals surface area contributed by atoms with E-state index in [1.807, 2.05) is 27.0 Å². The summed E-state index contributed by atoms with van der Waals surface area (Å²) < 4.78 is 7.00. The van der Waals surface area contributed by atoms with E-state index in [-0.39, 0.29) is 17.8 Å². The van der Waals surface area contributed by atoms with Crippen LogP contribution in [0.1, 0.15) is 37.6 Å². The Balaban J connectivity index is 1.94. The maximum Gasteiger partial charge on any atom is 0.310 e. The second kappa shape index (κ2) is 6.77. The zero-order valence-electron chi connectivity index (χ0n) is 13.5. The van der Waals surface area contributed by atoms with Crippen LogP contribution in [0.15, 0.2) is 12.2 Å². The van der Waals surface area contributed by atoms with Gasteiger partial charge < -0.3 is 10.1 Å². The summed E-state index contributed by atoms with van der Waals surface area (Å²) in [5, 5.41) is 7.04. The summed E-state index contributed by atoms with van der Waals surface area (Å²) in [5.74, 6) is -0.771. The fraction of sp³-hybridized carbons (Fsp3) is 0.562. The molecule has 6 heteroatoms. The monoisotopic (exact) mass is 305 g/mol. The summed E-state index contributed by atoms with van der Waals surface area (Å²) in [7, 11) is 1.82. The van der Waals surface area contributed by atoms with Crippen molar-refractivity contribution in [1.82, 2.24) is 9.78 Å². The number of aryl methyl sites for hydroxylation is 2. The third-order valence-electron chi connectivity index (χ3n) is 4.02. The van der Waals surface area contributed by atoms with E-state index in [2.05, 4.69) is 16.5 Å². The molecular weight excluding hydrogens is 282 g/mol. The molecule has 1 heterocycles. The molecule has 6 nitrogen and oxygen atoms in total. The van der Waals surface area contributed by atoms with Crippen LogP contribution in [-0.4, -0.2) is 27.8 Å². The van der Waals surface area contributed by atoms with Gasteiger partial charge in [0.25, 0.3) is 5.91 Å². The Kier molecular flexibility index (Phi) is 5.00. The average Bonchev–Trinajstić information content (AvgIpc) is 2.74. The van der Waals surface area contributed by atoms with Crippen molar-refractivity contribution in [2.45, 2.75) is 46.1 Å². The summed E-state index contributed by atoms with van der Waals surface area (Å²) in [5.41, 5.74) is 2.28.